The van der Waals surface area contributed by atoms with E-state index in [-0.39, 0.29) is 18.5 Å². The summed E-state index contributed by atoms with van der Waals surface area (Å²) in [6, 6.07) is 8.93. The van der Waals surface area contributed by atoms with Gasteiger partial charge >= 0.3 is 6.03 Å². The second-order valence-electron chi connectivity index (χ2n) is 7.02. The van der Waals surface area contributed by atoms with Crippen LogP contribution in [0.2, 0.25) is 0 Å². The van der Waals surface area contributed by atoms with E-state index in [9.17, 15) is 9.59 Å². The molecule has 0 saturated carbocycles. The van der Waals surface area contributed by atoms with Crippen LogP contribution < -0.4 is 0 Å². The summed E-state index contributed by atoms with van der Waals surface area (Å²) in [5.74, 6) is 0.469. The topological polar surface area (TPSA) is 59.5 Å². The zero-order chi connectivity index (χ0) is 19.8. The molecule has 7 heteroatoms. The number of imide groups is 1. The Morgan fingerprint density at radius 3 is 2.61 bits per heavy atom. The van der Waals surface area contributed by atoms with Crippen molar-refractivity contribution in [3.8, 4) is 0 Å². The maximum Gasteiger partial charge on any atom is 0.328 e. The quantitative estimate of drug-likeness (QED) is 0.739. The van der Waals surface area contributed by atoms with Gasteiger partial charge in [-0.2, -0.15) is 0 Å². The van der Waals surface area contributed by atoms with E-state index in [1.807, 2.05) is 65.4 Å². The third-order valence-electron chi connectivity index (χ3n) is 5.21. The van der Waals surface area contributed by atoms with Crippen LogP contribution in [0.1, 0.15) is 12.5 Å². The van der Waals surface area contributed by atoms with Gasteiger partial charge in [-0.25, -0.2) is 9.79 Å². The lowest BCUT2D eigenvalue weighted by Gasteiger charge is -2.39. The van der Waals surface area contributed by atoms with Crippen molar-refractivity contribution in [2.75, 3.05) is 20.1 Å². The van der Waals surface area contributed by atoms with Crippen LogP contribution in [-0.2, 0) is 4.79 Å². The van der Waals surface area contributed by atoms with Crippen LogP contribution in [0.15, 0.2) is 66.0 Å². The molecule has 28 heavy (non-hydrogen) atoms. The summed E-state index contributed by atoms with van der Waals surface area (Å²) in [6.45, 7) is 6.59. The molecular formula is C21H23N5O2. The molecule has 3 amide bonds. The fraction of sp³-hybridized carbons (Fsp3) is 0.286. The number of fused-ring (bicyclic) bond motifs is 3. The minimum atomic E-state index is -0.535. The molecule has 2 unspecified atom stereocenters. The molecule has 3 heterocycles. The van der Waals surface area contributed by atoms with Crippen LogP contribution in [0.3, 0.4) is 0 Å². The molecule has 7 nitrogen and oxygen atoms in total. The van der Waals surface area contributed by atoms with Gasteiger partial charge in [0.15, 0.2) is 12.2 Å². The first-order chi connectivity index (χ1) is 13.5. The molecule has 1 aromatic carbocycles. The van der Waals surface area contributed by atoms with Crippen LogP contribution in [0.5, 0.6) is 0 Å². The zero-order valence-electron chi connectivity index (χ0n) is 16.0. The second-order valence-corrected chi connectivity index (χ2v) is 7.02. The summed E-state index contributed by atoms with van der Waals surface area (Å²) in [6.07, 6.45) is 6.95. The molecule has 4 rings (SSSR count). The fourth-order valence-electron chi connectivity index (χ4n) is 3.78. The predicted molar refractivity (Wildman–Crippen MR) is 108 cm³/mol. The Balaban J connectivity index is 1.56. The first-order valence-electron chi connectivity index (χ1n) is 9.25. The number of rotatable bonds is 5. The monoisotopic (exact) mass is 377 g/mol. The van der Waals surface area contributed by atoms with Gasteiger partial charge < -0.3 is 14.7 Å². The molecule has 0 aromatic heterocycles. The highest BCUT2D eigenvalue weighted by Crippen LogP contribution is 2.33. The van der Waals surface area contributed by atoms with Crippen LogP contribution in [-0.4, -0.2) is 69.8 Å². The first-order valence-corrected chi connectivity index (χ1v) is 9.25. The number of aliphatic imine (C=N–C) groups is 1. The lowest BCUT2D eigenvalue weighted by Crippen LogP contribution is -2.64. The van der Waals surface area contributed by atoms with E-state index in [1.54, 1.807) is 18.0 Å². The molecule has 3 aliphatic heterocycles. The van der Waals surface area contributed by atoms with Gasteiger partial charge in [-0.1, -0.05) is 48.6 Å². The van der Waals surface area contributed by atoms with Crippen molar-refractivity contribution in [3.05, 3.63) is 66.5 Å². The Kier molecular flexibility index (Phi) is 4.50. The van der Waals surface area contributed by atoms with Gasteiger partial charge in [-0.3, -0.25) is 9.69 Å². The van der Waals surface area contributed by atoms with Crippen molar-refractivity contribution in [1.82, 2.24) is 19.6 Å². The Labute approximate surface area is 164 Å². The molecule has 2 atom stereocenters. The van der Waals surface area contributed by atoms with E-state index in [1.165, 1.54) is 4.90 Å². The average molecular weight is 377 g/mol. The van der Waals surface area contributed by atoms with E-state index in [0.717, 1.165) is 11.3 Å². The summed E-state index contributed by atoms with van der Waals surface area (Å²) in [7, 11) is 1.70. The van der Waals surface area contributed by atoms with Gasteiger partial charge in [0.25, 0.3) is 5.91 Å². The second kappa shape index (κ2) is 6.99. The number of hydrogen-bond donors (Lipinski definition) is 0. The number of nitrogens with zero attached hydrogens (tertiary/aromatic N) is 5. The number of carbonyl (C=O) groups excluding carboxylic acids is 2. The highest BCUT2D eigenvalue weighted by atomic mass is 16.2. The molecule has 0 aliphatic carbocycles. The van der Waals surface area contributed by atoms with E-state index in [0.29, 0.717) is 12.5 Å². The largest absolute Gasteiger partial charge is 0.328 e. The van der Waals surface area contributed by atoms with Crippen molar-refractivity contribution >= 4 is 24.0 Å². The molecule has 3 aliphatic rings. The molecule has 0 N–H and O–H groups in total. The molecule has 1 fully saturated rings. The number of allylic oxidation sites excluding steroid dienone is 1. The van der Waals surface area contributed by atoms with Gasteiger partial charge in [-0.05, 0) is 12.5 Å². The molecule has 0 spiro atoms. The van der Waals surface area contributed by atoms with Gasteiger partial charge in [0.1, 0.15) is 0 Å². The number of urea groups is 1. The standard InChI is InChI=1S/C21H23N5O2/c1-4-12-24-15(2)14-26-17-18(22-20(24)26)23(3)21(28)25(19(17)27)13-8-11-16-9-6-5-7-10-16/h4-11,14,17-18H,1,12-13H2,2-3H3/b11-8+. The van der Waals surface area contributed by atoms with Gasteiger partial charge in [-0.15, -0.1) is 6.58 Å². The van der Waals surface area contributed by atoms with Crippen molar-refractivity contribution in [2.45, 2.75) is 19.1 Å². The number of benzene rings is 1. The molecule has 144 valence electrons. The maximum absolute atomic E-state index is 13.2. The van der Waals surface area contributed by atoms with Crippen LogP contribution in [0.25, 0.3) is 6.08 Å². The number of likely N-dealkylation sites (N-methyl/N-ethyl adjacent to an activating group) is 1. The zero-order valence-corrected chi connectivity index (χ0v) is 16.0. The van der Waals surface area contributed by atoms with Crippen molar-refractivity contribution in [1.29, 1.82) is 0 Å². The summed E-state index contributed by atoms with van der Waals surface area (Å²) in [4.78, 5) is 37.3. The van der Waals surface area contributed by atoms with E-state index >= 15 is 0 Å². The predicted octanol–water partition coefficient (Wildman–Crippen LogP) is 2.32. The minimum absolute atomic E-state index is 0.225. The molecule has 1 saturated heterocycles. The Hall–Kier alpha value is -3.35. The smallest absolute Gasteiger partial charge is 0.311 e. The number of carbonyl (C=O) groups is 2. The molecule has 0 radical (unpaired) electrons. The third kappa shape index (κ3) is 2.79. The Bertz CT molecular complexity index is 905. The molecule has 0 bridgehead atoms. The minimum Gasteiger partial charge on any atom is -0.311 e. The summed E-state index contributed by atoms with van der Waals surface area (Å²) >= 11 is 0. The highest BCUT2D eigenvalue weighted by molar-refractivity contribution is 6.05. The van der Waals surface area contributed by atoms with Gasteiger partial charge in [0.2, 0.25) is 5.96 Å². The van der Waals surface area contributed by atoms with Crippen molar-refractivity contribution < 1.29 is 9.59 Å². The van der Waals surface area contributed by atoms with E-state index in [2.05, 4.69) is 11.6 Å². The summed E-state index contributed by atoms with van der Waals surface area (Å²) in [5, 5.41) is 0. The van der Waals surface area contributed by atoms with Gasteiger partial charge in [0, 0.05) is 32.0 Å². The number of hydrogen-bond acceptors (Lipinski definition) is 5. The van der Waals surface area contributed by atoms with E-state index < -0.39 is 12.2 Å². The van der Waals surface area contributed by atoms with E-state index in [4.69, 9.17) is 0 Å². The van der Waals surface area contributed by atoms with Crippen LogP contribution >= 0.6 is 0 Å². The van der Waals surface area contributed by atoms with Gasteiger partial charge in [0.05, 0.1) is 0 Å². The highest BCUT2D eigenvalue weighted by Gasteiger charge is 2.53. The van der Waals surface area contributed by atoms with Crippen molar-refractivity contribution in [3.63, 3.8) is 0 Å². The van der Waals surface area contributed by atoms with Crippen molar-refractivity contribution in [2.24, 2.45) is 4.99 Å². The first kappa shape index (κ1) is 18.0. The lowest BCUT2D eigenvalue weighted by atomic mass is 10.1. The normalized spacial score (nSPS) is 23.9. The third-order valence-corrected chi connectivity index (χ3v) is 5.21. The lowest BCUT2D eigenvalue weighted by molar-refractivity contribution is -0.136. The summed E-state index contributed by atoms with van der Waals surface area (Å²) in [5.41, 5.74) is 2.02. The molecule has 1 aromatic rings. The fourth-order valence-corrected chi connectivity index (χ4v) is 3.78. The maximum atomic E-state index is 13.2. The van der Waals surface area contributed by atoms with Crippen LogP contribution in [0, 0.1) is 0 Å². The SMILES string of the molecule is C=CCN1C(C)=CN2C1=NC1C2C(=O)N(C/C=C/c2ccccc2)C(=O)N1C. The number of guanidine groups is 1. The number of amides is 3. The van der Waals surface area contributed by atoms with Crippen LogP contribution in [0.4, 0.5) is 4.79 Å². The molecular weight excluding hydrogens is 354 g/mol. The Morgan fingerprint density at radius 1 is 1.14 bits per heavy atom. The Morgan fingerprint density at radius 2 is 1.89 bits per heavy atom. The summed E-state index contributed by atoms with van der Waals surface area (Å²) < 4.78 is 0. The average Bonchev–Trinajstić information content (AvgIpc) is 3.20.